The molecular formula is C14H21N3. The molecule has 0 saturated heterocycles. The molecule has 1 N–H and O–H groups in total. The number of aryl methyl sites for hydroxylation is 1. The van der Waals surface area contributed by atoms with Gasteiger partial charge in [0.25, 0.3) is 0 Å². The molecule has 0 aliphatic carbocycles. The van der Waals surface area contributed by atoms with Crippen molar-refractivity contribution >= 4 is 5.82 Å². The Kier molecular flexibility index (Phi) is 5.51. The van der Waals surface area contributed by atoms with Crippen LogP contribution in [0.3, 0.4) is 0 Å². The number of pyridine rings is 1. The van der Waals surface area contributed by atoms with E-state index in [1.807, 2.05) is 18.9 Å². The van der Waals surface area contributed by atoms with Gasteiger partial charge in [-0.25, -0.2) is 4.98 Å². The minimum atomic E-state index is 0.582. The zero-order valence-electron chi connectivity index (χ0n) is 11.0. The molecule has 0 unspecified atom stereocenters. The number of terminal acetylenes is 1. The molecule has 0 fully saturated rings. The second kappa shape index (κ2) is 6.93. The van der Waals surface area contributed by atoms with E-state index in [2.05, 4.69) is 35.3 Å². The summed E-state index contributed by atoms with van der Waals surface area (Å²) in [6, 6.07) is 4.20. The minimum absolute atomic E-state index is 0.582. The zero-order chi connectivity index (χ0) is 12.7. The van der Waals surface area contributed by atoms with Crippen molar-refractivity contribution in [3.8, 4) is 12.3 Å². The van der Waals surface area contributed by atoms with Gasteiger partial charge in [0.2, 0.25) is 0 Å². The smallest absolute Gasteiger partial charge is 0.129 e. The molecule has 1 aromatic rings. The van der Waals surface area contributed by atoms with Crippen molar-refractivity contribution in [1.82, 2.24) is 10.3 Å². The summed E-state index contributed by atoms with van der Waals surface area (Å²) in [6.45, 7) is 6.68. The third-order valence-electron chi connectivity index (χ3n) is 2.48. The third kappa shape index (κ3) is 4.46. The lowest BCUT2D eigenvalue weighted by Crippen LogP contribution is -2.20. The SMILES string of the molecule is C#CCN(C)c1cc(CNCCC)cc(C)n1. The average molecular weight is 231 g/mol. The number of nitrogens with one attached hydrogen (secondary N) is 1. The van der Waals surface area contributed by atoms with E-state index in [9.17, 15) is 0 Å². The number of nitrogens with zero attached hydrogens (tertiary/aromatic N) is 2. The van der Waals surface area contributed by atoms with Crippen LogP contribution in [0.1, 0.15) is 24.6 Å². The normalized spacial score (nSPS) is 10.0. The van der Waals surface area contributed by atoms with Gasteiger partial charge < -0.3 is 10.2 Å². The highest BCUT2D eigenvalue weighted by Gasteiger charge is 2.04. The first-order chi connectivity index (χ1) is 8.17. The van der Waals surface area contributed by atoms with Crippen LogP contribution in [0.4, 0.5) is 5.82 Å². The molecule has 0 radical (unpaired) electrons. The zero-order valence-corrected chi connectivity index (χ0v) is 11.0. The average Bonchev–Trinajstić information content (AvgIpc) is 2.29. The van der Waals surface area contributed by atoms with Gasteiger partial charge in [0, 0.05) is 19.3 Å². The van der Waals surface area contributed by atoms with E-state index in [-0.39, 0.29) is 0 Å². The molecule has 0 amide bonds. The van der Waals surface area contributed by atoms with Crippen LogP contribution in [-0.2, 0) is 6.54 Å². The lowest BCUT2D eigenvalue weighted by molar-refractivity contribution is 0.674. The molecule has 1 rings (SSSR count). The Labute approximate surface area is 104 Å². The Morgan fingerprint density at radius 3 is 2.88 bits per heavy atom. The van der Waals surface area contributed by atoms with Crippen LogP contribution in [0.5, 0.6) is 0 Å². The molecule has 17 heavy (non-hydrogen) atoms. The molecule has 0 atom stereocenters. The maximum atomic E-state index is 5.31. The number of hydrogen-bond donors (Lipinski definition) is 1. The van der Waals surface area contributed by atoms with Crippen LogP contribution in [0, 0.1) is 19.3 Å². The van der Waals surface area contributed by atoms with Gasteiger partial charge in [0.05, 0.1) is 6.54 Å². The standard InChI is InChI=1S/C14H21N3/c1-5-7-15-11-13-9-12(3)16-14(10-13)17(4)8-6-2/h2,9-10,15H,5,7-8,11H2,1,3-4H3. The lowest BCUT2D eigenvalue weighted by atomic mass is 10.2. The first-order valence-corrected chi connectivity index (χ1v) is 6.00. The van der Waals surface area contributed by atoms with Crippen LogP contribution in [0.25, 0.3) is 0 Å². The maximum Gasteiger partial charge on any atom is 0.129 e. The molecule has 92 valence electrons. The summed E-state index contributed by atoms with van der Waals surface area (Å²) in [4.78, 5) is 6.47. The van der Waals surface area contributed by atoms with Gasteiger partial charge in [-0.3, -0.25) is 0 Å². The Bertz CT molecular complexity index is 393. The number of rotatable bonds is 6. The number of hydrogen-bond acceptors (Lipinski definition) is 3. The second-order valence-electron chi connectivity index (χ2n) is 4.21. The first kappa shape index (κ1) is 13.5. The fraction of sp³-hybridized carbons (Fsp3) is 0.500. The van der Waals surface area contributed by atoms with E-state index >= 15 is 0 Å². The molecule has 0 aromatic carbocycles. The molecule has 1 heterocycles. The van der Waals surface area contributed by atoms with Crippen LogP contribution in [0.2, 0.25) is 0 Å². The van der Waals surface area contributed by atoms with Gasteiger partial charge in [0.1, 0.15) is 5.82 Å². The van der Waals surface area contributed by atoms with Crippen molar-refractivity contribution in [1.29, 1.82) is 0 Å². The summed E-state index contributed by atoms with van der Waals surface area (Å²) in [5, 5.41) is 3.39. The largest absolute Gasteiger partial charge is 0.349 e. The first-order valence-electron chi connectivity index (χ1n) is 6.00. The van der Waals surface area contributed by atoms with Gasteiger partial charge in [-0.2, -0.15) is 0 Å². The highest BCUT2D eigenvalue weighted by atomic mass is 15.2. The van der Waals surface area contributed by atoms with Crippen molar-refractivity contribution in [2.75, 3.05) is 25.0 Å². The summed E-state index contributed by atoms with van der Waals surface area (Å²) < 4.78 is 0. The molecule has 0 saturated carbocycles. The van der Waals surface area contributed by atoms with Crippen molar-refractivity contribution in [3.05, 3.63) is 23.4 Å². The Hall–Kier alpha value is -1.53. The van der Waals surface area contributed by atoms with E-state index in [1.54, 1.807) is 0 Å². The molecule has 1 aromatic heterocycles. The molecule has 0 bridgehead atoms. The Balaban J connectivity index is 2.76. The van der Waals surface area contributed by atoms with E-state index in [0.29, 0.717) is 6.54 Å². The van der Waals surface area contributed by atoms with Crippen molar-refractivity contribution in [2.45, 2.75) is 26.8 Å². The molecule has 0 aliphatic rings. The van der Waals surface area contributed by atoms with Gasteiger partial charge in [-0.1, -0.05) is 12.8 Å². The number of anilines is 1. The van der Waals surface area contributed by atoms with Gasteiger partial charge in [-0.15, -0.1) is 6.42 Å². The van der Waals surface area contributed by atoms with Crippen LogP contribution in [0.15, 0.2) is 12.1 Å². The maximum absolute atomic E-state index is 5.31. The summed E-state index contributed by atoms with van der Waals surface area (Å²) in [5.41, 5.74) is 2.28. The third-order valence-corrected chi connectivity index (χ3v) is 2.48. The molecule has 0 aliphatic heterocycles. The number of aromatic nitrogens is 1. The predicted molar refractivity (Wildman–Crippen MR) is 73.1 cm³/mol. The fourth-order valence-corrected chi connectivity index (χ4v) is 1.65. The molecule has 3 nitrogen and oxygen atoms in total. The molecule has 3 heteroatoms. The second-order valence-corrected chi connectivity index (χ2v) is 4.21. The highest BCUT2D eigenvalue weighted by Crippen LogP contribution is 2.13. The summed E-state index contributed by atoms with van der Waals surface area (Å²) in [7, 11) is 1.96. The Morgan fingerprint density at radius 1 is 1.47 bits per heavy atom. The van der Waals surface area contributed by atoms with Crippen molar-refractivity contribution in [2.24, 2.45) is 0 Å². The van der Waals surface area contributed by atoms with E-state index in [1.165, 1.54) is 5.56 Å². The fourth-order valence-electron chi connectivity index (χ4n) is 1.65. The van der Waals surface area contributed by atoms with Gasteiger partial charge >= 0.3 is 0 Å². The van der Waals surface area contributed by atoms with E-state index < -0.39 is 0 Å². The minimum Gasteiger partial charge on any atom is -0.349 e. The predicted octanol–water partition coefficient (Wildman–Crippen LogP) is 1.96. The van der Waals surface area contributed by atoms with E-state index in [4.69, 9.17) is 6.42 Å². The van der Waals surface area contributed by atoms with Gasteiger partial charge in [0.15, 0.2) is 0 Å². The van der Waals surface area contributed by atoms with E-state index in [0.717, 1.165) is 31.0 Å². The molecular weight excluding hydrogens is 210 g/mol. The Morgan fingerprint density at radius 2 is 2.24 bits per heavy atom. The van der Waals surface area contributed by atoms with Crippen LogP contribution < -0.4 is 10.2 Å². The topological polar surface area (TPSA) is 28.2 Å². The molecule has 0 spiro atoms. The summed E-state index contributed by atoms with van der Waals surface area (Å²) in [5.74, 6) is 3.57. The quantitative estimate of drug-likeness (QED) is 0.599. The van der Waals surface area contributed by atoms with Crippen LogP contribution >= 0.6 is 0 Å². The summed E-state index contributed by atoms with van der Waals surface area (Å²) >= 11 is 0. The van der Waals surface area contributed by atoms with Gasteiger partial charge in [-0.05, 0) is 37.6 Å². The van der Waals surface area contributed by atoms with Crippen LogP contribution in [-0.4, -0.2) is 25.1 Å². The highest BCUT2D eigenvalue weighted by molar-refractivity contribution is 5.43. The monoisotopic (exact) mass is 231 g/mol. The van der Waals surface area contributed by atoms with Crippen molar-refractivity contribution in [3.63, 3.8) is 0 Å². The van der Waals surface area contributed by atoms with Crippen molar-refractivity contribution < 1.29 is 0 Å². The lowest BCUT2D eigenvalue weighted by Gasteiger charge is -2.16. The summed E-state index contributed by atoms with van der Waals surface area (Å²) in [6.07, 6.45) is 6.46.